The van der Waals surface area contributed by atoms with E-state index in [1.54, 1.807) is 6.26 Å². The molecular weight excluding hydrogens is 304 g/mol. The van der Waals surface area contributed by atoms with Crippen molar-refractivity contribution < 1.29 is 4.21 Å². The molecule has 1 aromatic carbocycles. The largest absolute Gasteiger partial charge is 0.255 e. The van der Waals surface area contributed by atoms with Gasteiger partial charge in [0.05, 0.1) is 4.88 Å². The number of rotatable bonds is 3. The van der Waals surface area contributed by atoms with Crippen molar-refractivity contribution in [3.8, 4) is 27.1 Å². The topological polar surface area (TPSA) is 82.4 Å². The van der Waals surface area contributed by atoms with Gasteiger partial charge >= 0.3 is 0 Å². The van der Waals surface area contributed by atoms with Crippen LogP contribution in [0.4, 0.5) is 0 Å². The van der Waals surface area contributed by atoms with E-state index >= 15 is 0 Å². The minimum atomic E-state index is -1.01. The predicted octanol–water partition coefficient (Wildman–Crippen LogP) is 2.81. The van der Waals surface area contributed by atoms with Crippen LogP contribution in [0.1, 0.15) is 5.69 Å². The maximum absolute atomic E-state index is 11.6. The summed E-state index contributed by atoms with van der Waals surface area (Å²) >= 11 is 1.52. The van der Waals surface area contributed by atoms with Crippen LogP contribution in [0, 0.1) is 11.3 Å². The molecule has 0 saturated carbocycles. The molecule has 21 heavy (non-hydrogen) atoms. The van der Waals surface area contributed by atoms with E-state index in [0.717, 1.165) is 20.2 Å². The van der Waals surface area contributed by atoms with E-state index < -0.39 is 10.8 Å². The number of hydrogen-bond donors (Lipinski definition) is 1. The zero-order valence-corrected chi connectivity index (χ0v) is 12.7. The lowest BCUT2D eigenvalue weighted by Gasteiger charge is -2.00. The molecule has 0 spiro atoms. The first-order chi connectivity index (χ1) is 10.2. The van der Waals surface area contributed by atoms with Crippen molar-refractivity contribution in [1.29, 1.82) is 5.26 Å². The molecule has 0 aliphatic rings. The highest BCUT2D eigenvalue weighted by Crippen LogP contribution is 2.34. The van der Waals surface area contributed by atoms with Crippen LogP contribution >= 0.6 is 11.3 Å². The van der Waals surface area contributed by atoms with Crippen LogP contribution in [-0.2, 0) is 10.8 Å². The predicted molar refractivity (Wildman–Crippen MR) is 82.2 cm³/mol. The number of H-pyrrole nitrogens is 1. The second kappa shape index (κ2) is 5.60. The zero-order chi connectivity index (χ0) is 14.8. The molecular formula is C14H10N4OS2. The summed E-state index contributed by atoms with van der Waals surface area (Å²) in [7, 11) is -1.01. The van der Waals surface area contributed by atoms with Crippen LogP contribution < -0.4 is 0 Å². The number of aromatic nitrogens is 3. The smallest absolute Gasteiger partial charge is 0.191 e. The van der Waals surface area contributed by atoms with Crippen molar-refractivity contribution in [2.75, 3.05) is 6.26 Å². The highest BCUT2D eigenvalue weighted by molar-refractivity contribution is 7.84. The first-order valence-corrected chi connectivity index (χ1v) is 8.41. The first kappa shape index (κ1) is 13.7. The van der Waals surface area contributed by atoms with Crippen molar-refractivity contribution in [2.45, 2.75) is 4.90 Å². The van der Waals surface area contributed by atoms with Gasteiger partial charge < -0.3 is 0 Å². The van der Waals surface area contributed by atoms with Gasteiger partial charge in [-0.3, -0.25) is 4.21 Å². The van der Waals surface area contributed by atoms with E-state index in [1.807, 2.05) is 42.5 Å². The molecule has 0 radical (unpaired) electrons. The minimum absolute atomic E-state index is 0.284. The molecule has 5 nitrogen and oxygen atoms in total. The Morgan fingerprint density at radius 1 is 1.24 bits per heavy atom. The second-order valence-corrected chi connectivity index (χ2v) is 6.74. The summed E-state index contributed by atoms with van der Waals surface area (Å²) in [4.78, 5) is 2.70. The van der Waals surface area contributed by atoms with E-state index in [1.165, 1.54) is 11.3 Å². The fourth-order valence-electron chi connectivity index (χ4n) is 1.93. The lowest BCUT2D eigenvalue weighted by molar-refractivity contribution is 0.687. The molecule has 7 heteroatoms. The summed E-state index contributed by atoms with van der Waals surface area (Å²) < 4.78 is 11.6. The summed E-state index contributed by atoms with van der Waals surface area (Å²) in [5, 5.41) is 19.3. The number of nitriles is 1. The Labute approximate surface area is 127 Å². The van der Waals surface area contributed by atoms with E-state index in [0.29, 0.717) is 5.69 Å². The Bertz CT molecular complexity index is 860. The van der Waals surface area contributed by atoms with E-state index in [-0.39, 0.29) is 5.69 Å². The third-order valence-corrected chi connectivity index (χ3v) is 5.00. The highest BCUT2D eigenvalue weighted by Gasteiger charge is 2.13. The van der Waals surface area contributed by atoms with E-state index in [4.69, 9.17) is 5.26 Å². The Balaban J connectivity index is 2.01. The van der Waals surface area contributed by atoms with Crippen LogP contribution in [0.2, 0.25) is 0 Å². The number of nitrogens with zero attached hydrogens (tertiary/aromatic N) is 3. The van der Waals surface area contributed by atoms with Gasteiger partial charge in [0.1, 0.15) is 11.8 Å². The van der Waals surface area contributed by atoms with Gasteiger partial charge in [-0.1, -0.05) is 12.1 Å². The molecule has 3 aromatic rings. The highest BCUT2D eigenvalue weighted by atomic mass is 32.2. The zero-order valence-electron chi connectivity index (χ0n) is 11.0. The first-order valence-electron chi connectivity index (χ1n) is 6.04. The molecule has 1 atom stereocenters. The Morgan fingerprint density at radius 2 is 2.05 bits per heavy atom. The fourth-order valence-corrected chi connectivity index (χ4v) is 3.49. The van der Waals surface area contributed by atoms with Gasteiger partial charge in [0, 0.05) is 26.8 Å². The van der Waals surface area contributed by atoms with Gasteiger partial charge in [0.2, 0.25) is 0 Å². The molecule has 0 saturated heterocycles. The van der Waals surface area contributed by atoms with Crippen molar-refractivity contribution >= 4 is 22.1 Å². The monoisotopic (exact) mass is 314 g/mol. The molecule has 1 unspecified atom stereocenters. The van der Waals surface area contributed by atoms with Crippen molar-refractivity contribution in [1.82, 2.24) is 15.4 Å². The number of aromatic amines is 1. The maximum Gasteiger partial charge on any atom is 0.191 e. The van der Waals surface area contributed by atoms with Gasteiger partial charge in [-0.2, -0.15) is 15.6 Å². The Hall–Kier alpha value is -2.30. The minimum Gasteiger partial charge on any atom is -0.255 e. The number of benzene rings is 1. The van der Waals surface area contributed by atoms with Crippen molar-refractivity contribution in [3.05, 3.63) is 42.1 Å². The third kappa shape index (κ3) is 2.63. The summed E-state index contributed by atoms with van der Waals surface area (Å²) in [6.07, 6.45) is 1.66. The van der Waals surface area contributed by atoms with Gasteiger partial charge in [-0.15, -0.1) is 16.4 Å². The molecule has 2 heterocycles. The summed E-state index contributed by atoms with van der Waals surface area (Å²) in [5.41, 5.74) is 1.84. The lowest BCUT2D eigenvalue weighted by atomic mass is 10.2. The van der Waals surface area contributed by atoms with E-state index in [9.17, 15) is 4.21 Å². The molecule has 3 rings (SSSR count). The van der Waals surface area contributed by atoms with Crippen LogP contribution in [-0.4, -0.2) is 25.9 Å². The van der Waals surface area contributed by atoms with Gasteiger partial charge in [-0.05, 0) is 29.8 Å². The molecule has 0 aliphatic carbocycles. The van der Waals surface area contributed by atoms with Crippen LogP contribution in [0.25, 0.3) is 21.0 Å². The molecule has 0 aliphatic heterocycles. The Kier molecular flexibility index (Phi) is 3.64. The number of thiophene rings is 1. The standard InChI is InChI=1S/C14H10N4OS2/c1-21(19)10-4-2-3-9(7-10)12-5-6-13(20-12)14-11(8-15)16-18-17-14/h2-7H,1H3,(H,16,17,18). The third-order valence-electron chi connectivity index (χ3n) is 2.94. The molecule has 1 N–H and O–H groups in total. The molecule has 0 bridgehead atoms. The summed E-state index contributed by atoms with van der Waals surface area (Å²) in [6, 6.07) is 13.5. The normalized spacial score (nSPS) is 12.0. The van der Waals surface area contributed by atoms with Gasteiger partial charge in [0.15, 0.2) is 5.69 Å². The van der Waals surface area contributed by atoms with Gasteiger partial charge in [0.25, 0.3) is 0 Å². The average molecular weight is 314 g/mol. The Morgan fingerprint density at radius 3 is 2.81 bits per heavy atom. The van der Waals surface area contributed by atoms with E-state index in [2.05, 4.69) is 15.4 Å². The SMILES string of the molecule is CS(=O)c1cccc(-c2ccc(-c3n[nH]nc3C#N)s2)c1. The van der Waals surface area contributed by atoms with Crippen LogP contribution in [0.15, 0.2) is 41.3 Å². The molecule has 2 aromatic heterocycles. The fraction of sp³-hybridized carbons (Fsp3) is 0.0714. The van der Waals surface area contributed by atoms with Gasteiger partial charge in [-0.25, -0.2) is 0 Å². The maximum atomic E-state index is 11.6. The second-order valence-electron chi connectivity index (χ2n) is 4.28. The average Bonchev–Trinajstić information content (AvgIpc) is 3.15. The van der Waals surface area contributed by atoms with Crippen molar-refractivity contribution in [2.24, 2.45) is 0 Å². The molecule has 0 fully saturated rings. The summed E-state index contributed by atoms with van der Waals surface area (Å²) in [5.74, 6) is 0. The number of hydrogen-bond acceptors (Lipinski definition) is 5. The van der Waals surface area contributed by atoms with Crippen LogP contribution in [0.5, 0.6) is 0 Å². The molecule has 104 valence electrons. The number of nitrogens with one attached hydrogen (secondary N) is 1. The summed E-state index contributed by atoms with van der Waals surface area (Å²) in [6.45, 7) is 0. The lowest BCUT2D eigenvalue weighted by Crippen LogP contribution is -1.86. The molecule has 0 amide bonds. The quantitative estimate of drug-likeness (QED) is 0.806. The van der Waals surface area contributed by atoms with Crippen molar-refractivity contribution in [3.63, 3.8) is 0 Å². The van der Waals surface area contributed by atoms with Crippen LogP contribution in [0.3, 0.4) is 0 Å².